The van der Waals surface area contributed by atoms with E-state index in [0.717, 1.165) is 19.3 Å². The highest BCUT2D eigenvalue weighted by Crippen LogP contribution is 2.16. The summed E-state index contributed by atoms with van der Waals surface area (Å²) in [6, 6.07) is 0. The van der Waals surface area contributed by atoms with E-state index in [-0.39, 0.29) is 30.6 Å². The lowest BCUT2D eigenvalue weighted by molar-refractivity contribution is -0.150. The summed E-state index contributed by atoms with van der Waals surface area (Å²) >= 11 is 0. The zero-order valence-electron chi connectivity index (χ0n) is 11.2. The molecule has 1 N–H and O–H groups in total. The third-order valence-electron chi connectivity index (χ3n) is 3.25. The standard InChI is InChI=1S/C13H25NO3/c1-4-5-6-10(2)13(16)14-7-11(3)17-12(8-14)9-15/h10-12,15H,4-9H2,1-3H3. The number of morpholine rings is 1. The van der Waals surface area contributed by atoms with Crippen molar-refractivity contribution in [3.8, 4) is 0 Å². The van der Waals surface area contributed by atoms with Gasteiger partial charge in [-0.05, 0) is 13.3 Å². The van der Waals surface area contributed by atoms with Crippen molar-refractivity contribution in [3.63, 3.8) is 0 Å². The lowest BCUT2D eigenvalue weighted by Crippen LogP contribution is -2.51. The first-order valence-electron chi connectivity index (χ1n) is 6.63. The van der Waals surface area contributed by atoms with Crippen molar-refractivity contribution in [2.24, 2.45) is 5.92 Å². The minimum absolute atomic E-state index is 0.0164. The Kier molecular flexibility index (Phi) is 5.92. The van der Waals surface area contributed by atoms with Gasteiger partial charge in [0, 0.05) is 19.0 Å². The second-order valence-electron chi connectivity index (χ2n) is 5.04. The average Bonchev–Trinajstić information content (AvgIpc) is 2.34. The molecular formula is C13H25NO3. The van der Waals surface area contributed by atoms with Crippen LogP contribution < -0.4 is 0 Å². The van der Waals surface area contributed by atoms with E-state index in [0.29, 0.717) is 13.1 Å². The number of hydrogen-bond acceptors (Lipinski definition) is 3. The Morgan fingerprint density at radius 2 is 2.24 bits per heavy atom. The number of ether oxygens (including phenoxy) is 1. The molecule has 0 aliphatic carbocycles. The van der Waals surface area contributed by atoms with Crippen LogP contribution in [0.15, 0.2) is 0 Å². The van der Waals surface area contributed by atoms with Crippen molar-refractivity contribution in [1.82, 2.24) is 4.90 Å². The summed E-state index contributed by atoms with van der Waals surface area (Å²) < 4.78 is 5.53. The zero-order chi connectivity index (χ0) is 12.8. The summed E-state index contributed by atoms with van der Waals surface area (Å²) in [5.74, 6) is 0.284. The first-order valence-corrected chi connectivity index (χ1v) is 6.63. The third-order valence-corrected chi connectivity index (χ3v) is 3.25. The average molecular weight is 243 g/mol. The summed E-state index contributed by atoms with van der Waals surface area (Å²) in [7, 11) is 0. The molecule has 0 aromatic carbocycles. The Balaban J connectivity index is 2.49. The quantitative estimate of drug-likeness (QED) is 0.794. The molecule has 1 amide bonds. The van der Waals surface area contributed by atoms with Crippen LogP contribution in [0.4, 0.5) is 0 Å². The molecule has 1 aliphatic rings. The third kappa shape index (κ3) is 4.28. The van der Waals surface area contributed by atoms with Crippen LogP contribution in [0.2, 0.25) is 0 Å². The second-order valence-corrected chi connectivity index (χ2v) is 5.04. The molecule has 3 atom stereocenters. The minimum atomic E-state index is -0.221. The summed E-state index contributed by atoms with van der Waals surface area (Å²) in [5.41, 5.74) is 0. The molecule has 0 bridgehead atoms. The van der Waals surface area contributed by atoms with Gasteiger partial charge in [0.1, 0.15) is 0 Å². The van der Waals surface area contributed by atoms with Gasteiger partial charge in [-0.3, -0.25) is 4.79 Å². The lowest BCUT2D eigenvalue weighted by atomic mass is 10.0. The molecule has 0 spiro atoms. The van der Waals surface area contributed by atoms with Crippen molar-refractivity contribution in [2.75, 3.05) is 19.7 Å². The number of aliphatic hydroxyl groups excluding tert-OH is 1. The van der Waals surface area contributed by atoms with E-state index in [9.17, 15) is 4.79 Å². The van der Waals surface area contributed by atoms with Gasteiger partial charge >= 0.3 is 0 Å². The van der Waals surface area contributed by atoms with Gasteiger partial charge in [0.25, 0.3) is 0 Å². The first-order chi connectivity index (χ1) is 8.08. The van der Waals surface area contributed by atoms with Crippen molar-refractivity contribution >= 4 is 5.91 Å². The van der Waals surface area contributed by atoms with E-state index in [4.69, 9.17) is 9.84 Å². The van der Waals surface area contributed by atoms with Gasteiger partial charge in [0.2, 0.25) is 5.91 Å². The number of amides is 1. The lowest BCUT2D eigenvalue weighted by Gasteiger charge is -2.37. The minimum Gasteiger partial charge on any atom is -0.394 e. The summed E-state index contributed by atoms with van der Waals surface area (Å²) in [6.07, 6.45) is 2.96. The molecule has 1 saturated heterocycles. The van der Waals surface area contributed by atoms with E-state index in [2.05, 4.69) is 6.92 Å². The van der Waals surface area contributed by atoms with E-state index in [1.165, 1.54) is 0 Å². The molecule has 0 saturated carbocycles. The highest BCUT2D eigenvalue weighted by Gasteiger charge is 2.29. The predicted octanol–water partition coefficient (Wildman–Crippen LogP) is 1.42. The topological polar surface area (TPSA) is 49.8 Å². The smallest absolute Gasteiger partial charge is 0.225 e. The molecule has 4 nitrogen and oxygen atoms in total. The molecular weight excluding hydrogens is 218 g/mol. The summed E-state index contributed by atoms with van der Waals surface area (Å²) in [5, 5.41) is 9.13. The first kappa shape index (κ1) is 14.5. The summed E-state index contributed by atoms with van der Waals surface area (Å²) in [6.45, 7) is 7.22. The molecule has 0 aromatic rings. The molecule has 3 unspecified atom stereocenters. The number of unbranched alkanes of at least 4 members (excludes halogenated alkanes) is 1. The Hall–Kier alpha value is -0.610. The maximum Gasteiger partial charge on any atom is 0.225 e. The van der Waals surface area contributed by atoms with Crippen molar-refractivity contribution in [3.05, 3.63) is 0 Å². The van der Waals surface area contributed by atoms with Gasteiger partial charge in [-0.15, -0.1) is 0 Å². The van der Waals surface area contributed by atoms with Crippen LogP contribution in [0.25, 0.3) is 0 Å². The van der Waals surface area contributed by atoms with Crippen LogP contribution in [-0.2, 0) is 9.53 Å². The van der Waals surface area contributed by atoms with Gasteiger partial charge in [0.05, 0.1) is 18.8 Å². The Labute approximate surface area is 104 Å². The van der Waals surface area contributed by atoms with Crippen LogP contribution in [0, 0.1) is 5.92 Å². The van der Waals surface area contributed by atoms with Crippen LogP contribution >= 0.6 is 0 Å². The molecule has 0 radical (unpaired) electrons. The molecule has 100 valence electrons. The van der Waals surface area contributed by atoms with Gasteiger partial charge in [-0.2, -0.15) is 0 Å². The molecule has 1 heterocycles. The predicted molar refractivity (Wildman–Crippen MR) is 66.7 cm³/mol. The van der Waals surface area contributed by atoms with Crippen molar-refractivity contribution in [2.45, 2.75) is 52.2 Å². The number of carbonyl (C=O) groups is 1. The number of aliphatic hydroxyl groups is 1. The van der Waals surface area contributed by atoms with E-state index < -0.39 is 0 Å². The van der Waals surface area contributed by atoms with E-state index >= 15 is 0 Å². The van der Waals surface area contributed by atoms with Crippen LogP contribution in [0.1, 0.15) is 40.0 Å². The van der Waals surface area contributed by atoms with Gasteiger partial charge in [0.15, 0.2) is 0 Å². The fourth-order valence-corrected chi connectivity index (χ4v) is 2.27. The van der Waals surface area contributed by atoms with E-state index in [1.807, 2.05) is 18.7 Å². The van der Waals surface area contributed by atoms with Gasteiger partial charge < -0.3 is 14.7 Å². The maximum absolute atomic E-state index is 12.2. The van der Waals surface area contributed by atoms with Gasteiger partial charge in [-0.1, -0.05) is 26.7 Å². The normalized spacial score (nSPS) is 26.9. The molecule has 1 fully saturated rings. The summed E-state index contributed by atoms with van der Waals surface area (Å²) in [4.78, 5) is 14.0. The van der Waals surface area contributed by atoms with Gasteiger partial charge in [-0.25, -0.2) is 0 Å². The molecule has 0 aromatic heterocycles. The Morgan fingerprint density at radius 1 is 1.53 bits per heavy atom. The highest BCUT2D eigenvalue weighted by molar-refractivity contribution is 5.78. The fourth-order valence-electron chi connectivity index (χ4n) is 2.27. The Morgan fingerprint density at radius 3 is 2.82 bits per heavy atom. The number of hydrogen-bond donors (Lipinski definition) is 1. The van der Waals surface area contributed by atoms with Crippen LogP contribution in [-0.4, -0.2) is 47.8 Å². The molecule has 4 heteroatoms. The zero-order valence-corrected chi connectivity index (χ0v) is 11.2. The monoisotopic (exact) mass is 243 g/mol. The number of carbonyl (C=O) groups excluding carboxylic acids is 1. The SMILES string of the molecule is CCCCC(C)C(=O)N1CC(C)OC(CO)C1. The molecule has 17 heavy (non-hydrogen) atoms. The Bertz CT molecular complexity index is 245. The fraction of sp³-hybridized carbons (Fsp3) is 0.923. The molecule has 1 rings (SSSR count). The van der Waals surface area contributed by atoms with Crippen molar-refractivity contribution in [1.29, 1.82) is 0 Å². The number of rotatable bonds is 5. The van der Waals surface area contributed by atoms with Crippen LogP contribution in [0.5, 0.6) is 0 Å². The number of nitrogens with zero attached hydrogens (tertiary/aromatic N) is 1. The largest absolute Gasteiger partial charge is 0.394 e. The highest BCUT2D eigenvalue weighted by atomic mass is 16.5. The second kappa shape index (κ2) is 6.97. The molecule has 1 aliphatic heterocycles. The van der Waals surface area contributed by atoms with E-state index in [1.54, 1.807) is 0 Å². The van der Waals surface area contributed by atoms with Crippen molar-refractivity contribution < 1.29 is 14.6 Å². The van der Waals surface area contributed by atoms with Crippen LogP contribution in [0.3, 0.4) is 0 Å². The maximum atomic E-state index is 12.2.